The lowest BCUT2D eigenvalue weighted by Gasteiger charge is -2.32. The van der Waals surface area contributed by atoms with E-state index in [0.717, 1.165) is 12.8 Å². The van der Waals surface area contributed by atoms with Gasteiger partial charge in [-0.1, -0.05) is 6.92 Å². The van der Waals surface area contributed by atoms with E-state index in [2.05, 4.69) is 5.32 Å². The Morgan fingerprint density at radius 1 is 1.56 bits per heavy atom. The lowest BCUT2D eigenvalue weighted by molar-refractivity contribution is -0.143. The number of rotatable bonds is 5. The number of aliphatic carboxylic acids is 1. The van der Waals surface area contributed by atoms with Gasteiger partial charge in [-0.2, -0.15) is 0 Å². The summed E-state index contributed by atoms with van der Waals surface area (Å²) >= 11 is 0. The molecule has 0 radical (unpaired) electrons. The molecule has 1 heterocycles. The minimum Gasteiger partial charge on any atom is -0.481 e. The van der Waals surface area contributed by atoms with Gasteiger partial charge in [0.05, 0.1) is 18.6 Å². The number of carboxylic acid groups (broad SMARTS) is 1. The number of likely N-dealkylation sites (tertiary alicyclic amines) is 1. The van der Waals surface area contributed by atoms with Crippen molar-refractivity contribution < 1.29 is 19.4 Å². The molecule has 6 nitrogen and oxygen atoms in total. The number of amides is 2. The van der Waals surface area contributed by atoms with Crippen LogP contribution in [0.1, 0.15) is 26.2 Å². The summed E-state index contributed by atoms with van der Waals surface area (Å²) < 4.78 is 5.02. The maximum atomic E-state index is 12.0. The maximum Gasteiger partial charge on any atom is 0.317 e. The first-order chi connectivity index (χ1) is 8.58. The number of urea groups is 1. The van der Waals surface area contributed by atoms with Gasteiger partial charge in [0.1, 0.15) is 0 Å². The van der Waals surface area contributed by atoms with Crippen LogP contribution in [0.5, 0.6) is 0 Å². The van der Waals surface area contributed by atoms with Crippen LogP contribution in [-0.4, -0.2) is 54.9 Å². The molecule has 18 heavy (non-hydrogen) atoms. The van der Waals surface area contributed by atoms with Crippen LogP contribution >= 0.6 is 0 Å². The van der Waals surface area contributed by atoms with E-state index in [0.29, 0.717) is 26.1 Å². The summed E-state index contributed by atoms with van der Waals surface area (Å²) in [6, 6.07) is -0.211. The molecule has 104 valence electrons. The molecule has 0 aromatic carbocycles. The molecule has 6 heteroatoms. The van der Waals surface area contributed by atoms with E-state index in [1.165, 1.54) is 0 Å². The van der Waals surface area contributed by atoms with Gasteiger partial charge in [-0.05, 0) is 19.3 Å². The summed E-state index contributed by atoms with van der Waals surface area (Å²) in [5.74, 6) is -1.26. The average Bonchev–Trinajstić information content (AvgIpc) is 2.38. The summed E-state index contributed by atoms with van der Waals surface area (Å²) in [5.41, 5.74) is 0. The van der Waals surface area contributed by atoms with Gasteiger partial charge >= 0.3 is 12.0 Å². The van der Waals surface area contributed by atoms with Gasteiger partial charge in [-0.3, -0.25) is 4.79 Å². The second kappa shape index (κ2) is 7.20. The minimum absolute atomic E-state index is 0.0206. The van der Waals surface area contributed by atoms with Gasteiger partial charge in [0.2, 0.25) is 0 Å². The fraction of sp³-hybridized carbons (Fsp3) is 0.833. The van der Waals surface area contributed by atoms with Crippen molar-refractivity contribution in [1.82, 2.24) is 10.2 Å². The quantitative estimate of drug-likeness (QED) is 0.768. The van der Waals surface area contributed by atoms with E-state index in [1.54, 1.807) is 12.0 Å². The zero-order chi connectivity index (χ0) is 13.5. The number of methoxy groups -OCH3 is 1. The van der Waals surface area contributed by atoms with Gasteiger partial charge in [0.15, 0.2) is 0 Å². The Bertz CT molecular complexity index is 296. The van der Waals surface area contributed by atoms with Crippen LogP contribution in [0.4, 0.5) is 4.79 Å². The first-order valence-electron chi connectivity index (χ1n) is 6.35. The minimum atomic E-state index is -0.823. The van der Waals surface area contributed by atoms with Crippen molar-refractivity contribution in [2.24, 2.45) is 5.92 Å². The van der Waals surface area contributed by atoms with E-state index in [-0.39, 0.29) is 12.1 Å². The molecule has 0 aromatic rings. The summed E-state index contributed by atoms with van der Waals surface area (Å²) in [6.07, 6.45) is 2.18. The van der Waals surface area contributed by atoms with Crippen molar-refractivity contribution in [3.63, 3.8) is 0 Å². The molecule has 0 bridgehead atoms. The van der Waals surface area contributed by atoms with E-state index < -0.39 is 11.9 Å². The van der Waals surface area contributed by atoms with Gasteiger partial charge < -0.3 is 20.1 Å². The maximum absolute atomic E-state index is 12.0. The third-order valence-electron chi connectivity index (χ3n) is 3.25. The van der Waals surface area contributed by atoms with E-state index in [9.17, 15) is 9.59 Å². The van der Waals surface area contributed by atoms with E-state index >= 15 is 0 Å². The first-order valence-corrected chi connectivity index (χ1v) is 6.35. The molecular weight excluding hydrogens is 236 g/mol. The monoisotopic (exact) mass is 258 g/mol. The van der Waals surface area contributed by atoms with Crippen LogP contribution in [0.2, 0.25) is 0 Å². The Balaban J connectivity index is 2.47. The van der Waals surface area contributed by atoms with Crippen molar-refractivity contribution >= 4 is 12.0 Å². The zero-order valence-electron chi connectivity index (χ0n) is 11.0. The fourth-order valence-electron chi connectivity index (χ4n) is 2.09. The predicted molar refractivity (Wildman–Crippen MR) is 66.4 cm³/mol. The standard InChI is InChI=1S/C12H22N2O4/c1-3-10(8-18-2)13-12(17)14-6-4-5-9(7-14)11(15)16/h9-10H,3-8H2,1-2H3,(H,13,17)(H,15,16)/t9-,10?/m1/s1. The van der Waals surface area contributed by atoms with Crippen molar-refractivity contribution in [3.8, 4) is 0 Å². The smallest absolute Gasteiger partial charge is 0.317 e. The third-order valence-corrected chi connectivity index (χ3v) is 3.25. The Morgan fingerprint density at radius 2 is 2.28 bits per heavy atom. The molecule has 1 aliphatic heterocycles. The number of carbonyl (C=O) groups excluding carboxylic acids is 1. The molecule has 2 atom stereocenters. The van der Waals surface area contributed by atoms with E-state index in [1.807, 2.05) is 6.92 Å². The Kier molecular flexibility index (Phi) is 5.91. The van der Waals surface area contributed by atoms with Gasteiger partial charge in [-0.25, -0.2) is 4.79 Å². The summed E-state index contributed by atoms with van der Waals surface area (Å²) in [4.78, 5) is 24.5. The van der Waals surface area contributed by atoms with Crippen LogP contribution in [0, 0.1) is 5.92 Å². The predicted octanol–water partition coefficient (Wildman–Crippen LogP) is 0.918. The van der Waals surface area contributed by atoms with Crippen LogP contribution in [0.3, 0.4) is 0 Å². The van der Waals surface area contributed by atoms with Gasteiger partial charge in [-0.15, -0.1) is 0 Å². The third kappa shape index (κ3) is 4.18. The summed E-state index contributed by atoms with van der Waals surface area (Å²) in [7, 11) is 1.59. The summed E-state index contributed by atoms with van der Waals surface area (Å²) in [6.45, 7) is 3.36. The van der Waals surface area contributed by atoms with Gasteiger partial charge in [0.25, 0.3) is 0 Å². The number of nitrogens with zero attached hydrogens (tertiary/aromatic N) is 1. The van der Waals surface area contributed by atoms with Crippen molar-refractivity contribution in [3.05, 3.63) is 0 Å². The SMILES string of the molecule is CCC(COC)NC(=O)N1CCC[C@@H](C(=O)O)C1. The highest BCUT2D eigenvalue weighted by Crippen LogP contribution is 2.16. The zero-order valence-corrected chi connectivity index (χ0v) is 11.0. The lowest BCUT2D eigenvalue weighted by Crippen LogP contribution is -2.50. The van der Waals surface area contributed by atoms with Crippen molar-refractivity contribution in [2.75, 3.05) is 26.8 Å². The Morgan fingerprint density at radius 3 is 2.83 bits per heavy atom. The topological polar surface area (TPSA) is 78.9 Å². The molecule has 2 N–H and O–H groups in total. The normalized spacial score (nSPS) is 21.4. The molecule has 1 saturated heterocycles. The second-order valence-electron chi connectivity index (χ2n) is 4.63. The number of hydrogen-bond donors (Lipinski definition) is 2. The van der Waals surface area contributed by atoms with Crippen LogP contribution in [0.15, 0.2) is 0 Å². The first kappa shape index (κ1) is 14.8. The van der Waals surface area contributed by atoms with Crippen molar-refractivity contribution in [1.29, 1.82) is 0 Å². The Labute approximate surface area is 107 Å². The Hall–Kier alpha value is -1.30. The van der Waals surface area contributed by atoms with Crippen LogP contribution in [0.25, 0.3) is 0 Å². The lowest BCUT2D eigenvalue weighted by atomic mass is 9.99. The molecule has 2 amide bonds. The number of carboxylic acids is 1. The highest BCUT2D eigenvalue weighted by Gasteiger charge is 2.28. The summed E-state index contributed by atoms with van der Waals surface area (Å²) in [5, 5.41) is 11.8. The largest absolute Gasteiger partial charge is 0.481 e. The molecule has 1 rings (SSSR count). The number of piperidine rings is 1. The molecule has 1 fully saturated rings. The molecule has 0 saturated carbocycles. The number of ether oxygens (including phenoxy) is 1. The molecule has 0 aromatic heterocycles. The van der Waals surface area contributed by atoms with Crippen LogP contribution < -0.4 is 5.32 Å². The second-order valence-corrected chi connectivity index (χ2v) is 4.63. The van der Waals surface area contributed by atoms with Crippen molar-refractivity contribution in [2.45, 2.75) is 32.2 Å². The molecule has 0 aliphatic carbocycles. The van der Waals surface area contributed by atoms with Gasteiger partial charge in [0, 0.05) is 20.2 Å². The molecule has 0 spiro atoms. The average molecular weight is 258 g/mol. The fourth-order valence-corrected chi connectivity index (χ4v) is 2.09. The molecular formula is C12H22N2O4. The molecule has 1 aliphatic rings. The highest BCUT2D eigenvalue weighted by atomic mass is 16.5. The number of carbonyl (C=O) groups is 2. The molecule has 1 unspecified atom stereocenters. The number of hydrogen-bond acceptors (Lipinski definition) is 3. The van der Waals surface area contributed by atoms with E-state index in [4.69, 9.17) is 9.84 Å². The number of nitrogens with one attached hydrogen (secondary N) is 1. The van der Waals surface area contributed by atoms with Crippen LogP contribution in [-0.2, 0) is 9.53 Å². The highest BCUT2D eigenvalue weighted by molar-refractivity contribution is 5.76.